The molecule has 3 aromatic carbocycles. The maximum absolute atomic E-state index is 10.7. The molecule has 0 aliphatic rings. The minimum Gasteiger partial charge on any atom is -0.493 e. The normalized spacial score (nSPS) is 11.2. The van der Waals surface area contributed by atoms with Crippen molar-refractivity contribution in [2.45, 2.75) is 39.8 Å². The first kappa shape index (κ1) is 29.4. The first-order valence-electron chi connectivity index (χ1n) is 11.9. The lowest BCUT2D eigenvalue weighted by Crippen LogP contribution is -2.16. The van der Waals surface area contributed by atoms with Gasteiger partial charge in [-0.2, -0.15) is 0 Å². The monoisotopic (exact) mass is 509 g/mol. The fourth-order valence-corrected chi connectivity index (χ4v) is 3.65. The lowest BCUT2D eigenvalue weighted by molar-refractivity contribution is -0.159. The van der Waals surface area contributed by atoms with E-state index in [2.05, 4.69) is 49.5 Å². The van der Waals surface area contributed by atoms with Gasteiger partial charge < -0.3 is 30.1 Å². The molecule has 0 saturated carbocycles. The summed E-state index contributed by atoms with van der Waals surface area (Å²) in [6, 6.07) is 20.5. The third-order valence-electron chi connectivity index (χ3n) is 5.81. The van der Waals surface area contributed by atoms with Crippen molar-refractivity contribution in [2.24, 2.45) is 0 Å². The number of rotatable bonds is 10. The molecule has 0 heterocycles. The topological polar surface area (TPSA) is 125 Å². The van der Waals surface area contributed by atoms with Gasteiger partial charge in [0.2, 0.25) is 0 Å². The fourth-order valence-electron chi connectivity index (χ4n) is 3.65. The molecule has 8 nitrogen and oxygen atoms in total. The number of carboxylic acids is 2. The van der Waals surface area contributed by atoms with Gasteiger partial charge >= 0.3 is 11.9 Å². The van der Waals surface area contributed by atoms with Gasteiger partial charge in [0.25, 0.3) is 0 Å². The van der Waals surface area contributed by atoms with Gasteiger partial charge in [-0.15, -0.1) is 0 Å². The first-order chi connectivity index (χ1) is 17.6. The van der Waals surface area contributed by atoms with Gasteiger partial charge in [0.05, 0.1) is 7.11 Å². The standard InChI is InChI=1S/C27H33NO3.C2H2O4/c1-19-14-21(3)24(15-20(19)2)25(29)18-31-26-11-10-23(16-27(26)30-4)17-28-13-12-22-8-6-5-7-9-22;3-1(4)2(5)6/h5-11,14-16,25,28-29H,12-13,17-18H2,1-4H3;(H,3,4)(H,5,6). The van der Waals surface area contributed by atoms with Crippen LogP contribution in [0.4, 0.5) is 0 Å². The van der Waals surface area contributed by atoms with E-state index in [-0.39, 0.29) is 6.61 Å². The summed E-state index contributed by atoms with van der Waals surface area (Å²) in [6.45, 7) is 8.00. The Morgan fingerprint density at radius 2 is 1.49 bits per heavy atom. The van der Waals surface area contributed by atoms with E-state index in [9.17, 15) is 5.11 Å². The van der Waals surface area contributed by atoms with Gasteiger partial charge in [0.1, 0.15) is 12.7 Å². The highest BCUT2D eigenvalue weighted by Crippen LogP contribution is 2.30. The van der Waals surface area contributed by atoms with Crippen LogP contribution in [0.15, 0.2) is 60.7 Å². The zero-order valence-corrected chi connectivity index (χ0v) is 21.7. The fraction of sp³-hybridized carbons (Fsp3) is 0.310. The van der Waals surface area contributed by atoms with E-state index >= 15 is 0 Å². The molecule has 1 atom stereocenters. The van der Waals surface area contributed by atoms with Crippen LogP contribution in [-0.2, 0) is 22.6 Å². The van der Waals surface area contributed by atoms with Crippen LogP contribution >= 0.6 is 0 Å². The summed E-state index contributed by atoms with van der Waals surface area (Å²) in [4.78, 5) is 18.2. The minimum atomic E-state index is -1.82. The second kappa shape index (κ2) is 14.6. The summed E-state index contributed by atoms with van der Waals surface area (Å²) in [5.74, 6) is -2.34. The van der Waals surface area contributed by atoms with E-state index in [1.54, 1.807) is 7.11 Å². The molecule has 3 aromatic rings. The van der Waals surface area contributed by atoms with Gasteiger partial charge in [0, 0.05) is 6.54 Å². The number of ether oxygens (including phenoxy) is 2. The Morgan fingerprint density at radius 1 is 0.838 bits per heavy atom. The van der Waals surface area contributed by atoms with Crippen LogP contribution < -0.4 is 14.8 Å². The number of aliphatic carboxylic acids is 2. The third-order valence-corrected chi connectivity index (χ3v) is 5.81. The first-order valence-corrected chi connectivity index (χ1v) is 11.9. The van der Waals surface area contributed by atoms with Crippen molar-refractivity contribution in [1.29, 1.82) is 0 Å². The molecule has 0 aliphatic carbocycles. The van der Waals surface area contributed by atoms with Crippen LogP contribution in [0, 0.1) is 20.8 Å². The molecule has 0 spiro atoms. The number of methoxy groups -OCH3 is 1. The van der Waals surface area contributed by atoms with Crippen LogP contribution in [0.1, 0.15) is 39.5 Å². The highest BCUT2D eigenvalue weighted by molar-refractivity contribution is 6.27. The van der Waals surface area contributed by atoms with Crippen molar-refractivity contribution in [3.63, 3.8) is 0 Å². The Morgan fingerprint density at radius 3 is 2.11 bits per heavy atom. The molecule has 0 amide bonds. The Balaban J connectivity index is 0.000000717. The molecule has 198 valence electrons. The van der Waals surface area contributed by atoms with E-state index in [4.69, 9.17) is 29.3 Å². The molecule has 0 aliphatic heterocycles. The maximum Gasteiger partial charge on any atom is 0.414 e. The van der Waals surface area contributed by atoms with E-state index < -0.39 is 18.0 Å². The van der Waals surface area contributed by atoms with Gasteiger partial charge in [0.15, 0.2) is 11.5 Å². The van der Waals surface area contributed by atoms with Gasteiger partial charge in [-0.05, 0) is 79.3 Å². The van der Waals surface area contributed by atoms with E-state index in [1.165, 1.54) is 16.7 Å². The second-order valence-corrected chi connectivity index (χ2v) is 8.63. The number of aliphatic hydroxyl groups excluding tert-OH is 1. The van der Waals surface area contributed by atoms with Crippen LogP contribution in [0.2, 0.25) is 0 Å². The maximum atomic E-state index is 10.7. The van der Waals surface area contributed by atoms with Crippen LogP contribution in [-0.4, -0.2) is 47.5 Å². The zero-order valence-electron chi connectivity index (χ0n) is 21.7. The Kier molecular flexibility index (Phi) is 11.6. The number of hydrogen-bond donors (Lipinski definition) is 4. The van der Waals surface area contributed by atoms with Crippen LogP contribution in [0.3, 0.4) is 0 Å². The Bertz CT molecular complexity index is 1170. The number of carboxylic acid groups (broad SMARTS) is 2. The molecule has 0 bridgehead atoms. The van der Waals surface area contributed by atoms with Crippen molar-refractivity contribution in [3.8, 4) is 11.5 Å². The molecule has 8 heteroatoms. The van der Waals surface area contributed by atoms with E-state index in [0.717, 1.165) is 36.2 Å². The Labute approximate surface area is 217 Å². The summed E-state index contributed by atoms with van der Waals surface area (Å²) >= 11 is 0. The molecule has 0 saturated heterocycles. The minimum absolute atomic E-state index is 0.175. The van der Waals surface area contributed by atoms with Crippen molar-refractivity contribution in [3.05, 3.63) is 94.0 Å². The van der Waals surface area contributed by atoms with Crippen LogP contribution in [0.5, 0.6) is 11.5 Å². The zero-order chi connectivity index (χ0) is 27.4. The van der Waals surface area contributed by atoms with Gasteiger partial charge in [-0.1, -0.05) is 48.5 Å². The SMILES string of the molecule is COc1cc(CNCCc2ccccc2)ccc1OCC(O)c1cc(C)c(C)cc1C.O=C(O)C(=O)O. The molecular weight excluding hydrogens is 474 g/mol. The number of hydrogen-bond acceptors (Lipinski definition) is 6. The van der Waals surface area contributed by atoms with E-state index in [1.807, 2.05) is 37.3 Å². The van der Waals surface area contributed by atoms with Crippen molar-refractivity contribution >= 4 is 11.9 Å². The summed E-state index contributed by atoms with van der Waals surface area (Å²) in [5, 5.41) is 28.9. The summed E-state index contributed by atoms with van der Waals surface area (Å²) in [6.07, 6.45) is 0.304. The molecule has 1 unspecified atom stereocenters. The van der Waals surface area contributed by atoms with E-state index in [0.29, 0.717) is 11.5 Å². The predicted molar refractivity (Wildman–Crippen MR) is 141 cm³/mol. The molecule has 0 radical (unpaired) electrons. The molecule has 3 rings (SSSR count). The highest BCUT2D eigenvalue weighted by Gasteiger charge is 2.14. The molecular formula is C29H35NO7. The molecule has 37 heavy (non-hydrogen) atoms. The average molecular weight is 510 g/mol. The van der Waals surface area contributed by atoms with Gasteiger partial charge in [-0.25, -0.2) is 9.59 Å². The highest BCUT2D eigenvalue weighted by atomic mass is 16.5. The quantitative estimate of drug-likeness (QED) is 0.236. The number of nitrogens with one attached hydrogen (secondary N) is 1. The molecule has 0 aromatic heterocycles. The predicted octanol–water partition coefficient (Wildman–Crippen LogP) is 4.22. The van der Waals surface area contributed by atoms with Crippen LogP contribution in [0.25, 0.3) is 0 Å². The molecule has 0 fully saturated rings. The smallest absolute Gasteiger partial charge is 0.414 e. The lowest BCUT2D eigenvalue weighted by atomic mass is 9.97. The van der Waals surface area contributed by atoms with Gasteiger partial charge in [-0.3, -0.25) is 0 Å². The lowest BCUT2D eigenvalue weighted by Gasteiger charge is -2.18. The van der Waals surface area contributed by atoms with Crippen molar-refractivity contribution < 1.29 is 34.4 Å². The number of aliphatic hydroxyl groups is 1. The number of aryl methyl sites for hydroxylation is 3. The molecule has 4 N–H and O–H groups in total. The van der Waals surface area contributed by atoms with Crippen molar-refractivity contribution in [2.75, 3.05) is 20.3 Å². The van der Waals surface area contributed by atoms with Crippen molar-refractivity contribution in [1.82, 2.24) is 5.32 Å². The number of benzene rings is 3. The summed E-state index contributed by atoms with van der Waals surface area (Å²) in [7, 11) is 1.64. The number of carbonyl (C=O) groups is 2. The third kappa shape index (κ3) is 9.59. The Hall–Kier alpha value is -3.88. The summed E-state index contributed by atoms with van der Waals surface area (Å²) in [5.41, 5.74) is 6.83. The second-order valence-electron chi connectivity index (χ2n) is 8.63. The summed E-state index contributed by atoms with van der Waals surface area (Å²) < 4.78 is 11.4. The average Bonchev–Trinajstić information content (AvgIpc) is 2.88. The largest absolute Gasteiger partial charge is 0.493 e.